The van der Waals surface area contributed by atoms with E-state index in [0.717, 1.165) is 18.5 Å². The number of fused-ring (bicyclic) bond motifs is 1. The van der Waals surface area contributed by atoms with Crippen molar-refractivity contribution in [3.05, 3.63) is 46.9 Å². The maximum absolute atomic E-state index is 12.3. The van der Waals surface area contributed by atoms with Gasteiger partial charge in [-0.1, -0.05) is 37.5 Å². The molecule has 1 aliphatic rings. The van der Waals surface area contributed by atoms with Crippen LogP contribution < -0.4 is 10.9 Å². The van der Waals surface area contributed by atoms with Crippen molar-refractivity contribution in [2.24, 2.45) is 5.92 Å². The van der Waals surface area contributed by atoms with Crippen LogP contribution >= 0.6 is 0 Å². The molecule has 1 aliphatic carbocycles. The summed E-state index contributed by atoms with van der Waals surface area (Å²) >= 11 is 0. The molecule has 2 heterocycles. The molecule has 0 amide bonds. The Morgan fingerprint density at radius 2 is 2.00 bits per heavy atom. The molecule has 7 heteroatoms. The third kappa shape index (κ3) is 3.35. The quantitative estimate of drug-likeness (QED) is 0.655. The second-order valence-corrected chi connectivity index (χ2v) is 6.89. The summed E-state index contributed by atoms with van der Waals surface area (Å²) in [5.74, 6) is 0.677. The number of H-pyrrole nitrogens is 1. The van der Waals surface area contributed by atoms with E-state index in [2.05, 4.69) is 20.4 Å². The molecule has 0 aliphatic heterocycles. The summed E-state index contributed by atoms with van der Waals surface area (Å²) in [7, 11) is 0. The lowest BCUT2D eigenvalue weighted by Crippen LogP contribution is -2.30. The first-order valence-electron chi connectivity index (χ1n) is 9.18. The van der Waals surface area contributed by atoms with Gasteiger partial charge >= 0.3 is 0 Å². The second-order valence-electron chi connectivity index (χ2n) is 6.89. The molecule has 0 bridgehead atoms. The number of hydrogen-bond donors (Lipinski definition) is 3. The van der Waals surface area contributed by atoms with Gasteiger partial charge < -0.3 is 10.4 Å². The Hall–Kier alpha value is -2.67. The van der Waals surface area contributed by atoms with Crippen molar-refractivity contribution in [1.29, 1.82) is 0 Å². The van der Waals surface area contributed by atoms with Crippen molar-refractivity contribution in [3.8, 4) is 5.69 Å². The number of aromatic amines is 1. The van der Waals surface area contributed by atoms with E-state index in [1.807, 2.05) is 30.3 Å². The molecule has 0 spiro atoms. The monoisotopic (exact) mass is 353 g/mol. The lowest BCUT2D eigenvalue weighted by atomic mass is 9.85. The van der Waals surface area contributed by atoms with Gasteiger partial charge in [-0.3, -0.25) is 9.78 Å². The standard InChI is InChI=1S/C19H23N5O2/c25-16(13-7-3-1-4-8-13)12-20-19-22-17-15(18(26)23-19)11-21-24(17)14-9-5-2-6-10-14/h2,5-6,9-11,13,16,25H,1,3-4,7-8,12H2,(H2,20,22,23,26)/t16-/m0/s1. The Morgan fingerprint density at radius 1 is 1.23 bits per heavy atom. The highest BCUT2D eigenvalue weighted by atomic mass is 16.3. The van der Waals surface area contributed by atoms with Crippen molar-refractivity contribution in [2.75, 3.05) is 11.9 Å². The highest BCUT2D eigenvalue weighted by molar-refractivity contribution is 5.76. The van der Waals surface area contributed by atoms with Gasteiger partial charge in [0.1, 0.15) is 5.39 Å². The number of nitrogens with one attached hydrogen (secondary N) is 2. The molecule has 7 nitrogen and oxygen atoms in total. The predicted molar refractivity (Wildman–Crippen MR) is 101 cm³/mol. The molecule has 136 valence electrons. The van der Waals surface area contributed by atoms with Crippen LogP contribution in [0.15, 0.2) is 41.3 Å². The van der Waals surface area contributed by atoms with Crippen LogP contribution in [-0.4, -0.2) is 37.5 Å². The van der Waals surface area contributed by atoms with Crippen LogP contribution in [0.1, 0.15) is 32.1 Å². The molecule has 1 aromatic carbocycles. The van der Waals surface area contributed by atoms with Crippen molar-refractivity contribution < 1.29 is 5.11 Å². The van der Waals surface area contributed by atoms with E-state index in [0.29, 0.717) is 29.4 Å². The summed E-state index contributed by atoms with van der Waals surface area (Å²) in [6.45, 7) is 0.374. The summed E-state index contributed by atoms with van der Waals surface area (Å²) in [4.78, 5) is 19.6. The zero-order valence-corrected chi connectivity index (χ0v) is 14.6. The third-order valence-electron chi connectivity index (χ3n) is 5.11. The molecule has 2 aromatic heterocycles. The third-order valence-corrected chi connectivity index (χ3v) is 5.11. The summed E-state index contributed by atoms with van der Waals surface area (Å²) < 4.78 is 1.65. The van der Waals surface area contributed by atoms with Gasteiger partial charge in [-0.2, -0.15) is 10.1 Å². The van der Waals surface area contributed by atoms with Crippen molar-refractivity contribution in [3.63, 3.8) is 0 Å². The fraction of sp³-hybridized carbons (Fsp3) is 0.421. The smallest absolute Gasteiger partial charge is 0.263 e. The van der Waals surface area contributed by atoms with Gasteiger partial charge in [0, 0.05) is 6.54 Å². The van der Waals surface area contributed by atoms with Crippen molar-refractivity contribution in [2.45, 2.75) is 38.2 Å². The van der Waals surface area contributed by atoms with E-state index >= 15 is 0 Å². The SMILES string of the molecule is O=c1[nH]c(NC[C@H](O)C2CCCCC2)nc2c1cnn2-c1ccccc1. The number of nitrogens with zero attached hydrogens (tertiary/aromatic N) is 3. The maximum Gasteiger partial charge on any atom is 0.263 e. The molecule has 0 unspecified atom stereocenters. The van der Waals surface area contributed by atoms with Crippen LogP contribution in [0.5, 0.6) is 0 Å². The summed E-state index contributed by atoms with van der Waals surface area (Å²) in [6.07, 6.45) is 6.83. The molecular weight excluding hydrogens is 330 g/mol. The molecule has 3 aromatic rings. The predicted octanol–water partition coefficient (Wildman–Crippen LogP) is 2.46. The van der Waals surface area contributed by atoms with Crippen LogP contribution in [0.4, 0.5) is 5.95 Å². The number of para-hydroxylation sites is 1. The minimum atomic E-state index is -0.435. The van der Waals surface area contributed by atoms with Crippen LogP contribution in [0, 0.1) is 5.92 Å². The van der Waals surface area contributed by atoms with Gasteiger partial charge in [0.05, 0.1) is 18.0 Å². The second kappa shape index (κ2) is 7.29. The molecule has 3 N–H and O–H groups in total. The highest BCUT2D eigenvalue weighted by Crippen LogP contribution is 2.26. The molecule has 0 saturated heterocycles. The van der Waals surface area contributed by atoms with E-state index < -0.39 is 6.10 Å². The van der Waals surface area contributed by atoms with Gasteiger partial charge in [-0.15, -0.1) is 0 Å². The number of benzene rings is 1. The topological polar surface area (TPSA) is 95.8 Å². The van der Waals surface area contributed by atoms with E-state index in [4.69, 9.17) is 0 Å². The zero-order valence-electron chi connectivity index (χ0n) is 14.6. The lowest BCUT2D eigenvalue weighted by molar-refractivity contribution is 0.0955. The van der Waals surface area contributed by atoms with E-state index in [1.54, 1.807) is 4.68 Å². The highest BCUT2D eigenvalue weighted by Gasteiger charge is 2.21. The first-order chi connectivity index (χ1) is 12.7. The molecule has 1 saturated carbocycles. The maximum atomic E-state index is 12.3. The summed E-state index contributed by atoms with van der Waals surface area (Å²) in [5, 5.41) is 18.2. The van der Waals surface area contributed by atoms with Crippen molar-refractivity contribution in [1.82, 2.24) is 19.7 Å². The van der Waals surface area contributed by atoms with E-state index in [-0.39, 0.29) is 5.56 Å². The largest absolute Gasteiger partial charge is 0.391 e. The number of aromatic nitrogens is 4. The van der Waals surface area contributed by atoms with Crippen LogP contribution in [-0.2, 0) is 0 Å². The first-order valence-corrected chi connectivity index (χ1v) is 9.18. The molecule has 4 rings (SSSR count). The van der Waals surface area contributed by atoms with Crippen LogP contribution in [0.25, 0.3) is 16.7 Å². The Bertz CT molecular complexity index is 928. The fourth-order valence-corrected chi connectivity index (χ4v) is 3.65. The van der Waals surface area contributed by atoms with Crippen LogP contribution in [0.2, 0.25) is 0 Å². The Labute approximate surface area is 151 Å². The molecule has 26 heavy (non-hydrogen) atoms. The molecule has 1 fully saturated rings. The summed E-state index contributed by atoms with van der Waals surface area (Å²) in [5.41, 5.74) is 1.09. The lowest BCUT2D eigenvalue weighted by Gasteiger charge is -2.26. The minimum Gasteiger partial charge on any atom is -0.391 e. The molecular formula is C19H23N5O2. The van der Waals surface area contributed by atoms with Gasteiger partial charge in [-0.25, -0.2) is 4.68 Å². The number of aliphatic hydroxyl groups is 1. The first kappa shape index (κ1) is 16.8. The zero-order chi connectivity index (χ0) is 17.9. The average Bonchev–Trinajstić information content (AvgIpc) is 3.12. The van der Waals surface area contributed by atoms with Gasteiger partial charge in [0.25, 0.3) is 5.56 Å². The number of aliphatic hydroxyl groups excluding tert-OH is 1. The summed E-state index contributed by atoms with van der Waals surface area (Å²) in [6, 6.07) is 9.57. The fourth-order valence-electron chi connectivity index (χ4n) is 3.65. The Balaban J connectivity index is 1.57. The van der Waals surface area contributed by atoms with Gasteiger partial charge in [0.2, 0.25) is 5.95 Å². The van der Waals surface area contributed by atoms with E-state index in [1.165, 1.54) is 25.5 Å². The number of hydrogen-bond acceptors (Lipinski definition) is 5. The molecule has 1 atom stereocenters. The normalized spacial score (nSPS) is 16.7. The number of anilines is 1. The van der Waals surface area contributed by atoms with E-state index in [9.17, 15) is 9.90 Å². The van der Waals surface area contributed by atoms with Crippen LogP contribution in [0.3, 0.4) is 0 Å². The van der Waals surface area contributed by atoms with Gasteiger partial charge in [-0.05, 0) is 30.9 Å². The van der Waals surface area contributed by atoms with Crippen molar-refractivity contribution >= 4 is 17.0 Å². The average molecular weight is 353 g/mol. The number of rotatable bonds is 5. The van der Waals surface area contributed by atoms with Gasteiger partial charge in [0.15, 0.2) is 5.65 Å². The minimum absolute atomic E-state index is 0.244. The Morgan fingerprint density at radius 3 is 2.77 bits per heavy atom. The molecule has 0 radical (unpaired) electrons. The Kier molecular flexibility index (Phi) is 4.71.